The fourth-order valence-electron chi connectivity index (χ4n) is 6.11. The third kappa shape index (κ3) is 4.52. The normalized spacial score (nSPS) is 12.4. The second-order valence-corrected chi connectivity index (χ2v) is 12.2. The summed E-state index contributed by atoms with van der Waals surface area (Å²) in [7, 11) is 0. The first kappa shape index (κ1) is 23.5. The molecule has 0 aliphatic heterocycles. The molecule has 6 rings (SSSR count). The SMILES string of the molecule is C#CCCCCCCCc1ccc2c([c]1[Ti][c]1cccc3c1Cc1ccccc1-3)Cc1ccccc1-2. The van der Waals surface area contributed by atoms with Gasteiger partial charge in [-0.2, -0.15) is 0 Å². The zero-order chi connectivity index (χ0) is 24.3. The van der Waals surface area contributed by atoms with Gasteiger partial charge in [-0.05, 0) is 0 Å². The topological polar surface area (TPSA) is 0 Å². The van der Waals surface area contributed by atoms with Crippen molar-refractivity contribution in [1.29, 1.82) is 0 Å². The van der Waals surface area contributed by atoms with E-state index in [-0.39, 0.29) is 0 Å². The Kier molecular flexibility index (Phi) is 6.96. The van der Waals surface area contributed by atoms with Crippen LogP contribution in [0.25, 0.3) is 22.3 Å². The Morgan fingerprint density at radius 3 is 2.03 bits per heavy atom. The zero-order valence-electron chi connectivity index (χ0n) is 20.9. The maximum atomic E-state index is 5.41. The molecule has 0 N–H and O–H groups in total. The number of rotatable bonds is 9. The number of unbranched alkanes of at least 4 members (excludes halogenated alkanes) is 5. The molecule has 4 aromatic rings. The Labute approximate surface area is 225 Å². The Morgan fingerprint density at radius 1 is 0.611 bits per heavy atom. The van der Waals surface area contributed by atoms with E-state index in [1.54, 1.807) is 24.4 Å². The average Bonchev–Trinajstić information content (AvgIpc) is 3.48. The van der Waals surface area contributed by atoms with Crippen molar-refractivity contribution in [2.75, 3.05) is 0 Å². The molecule has 0 fully saturated rings. The summed E-state index contributed by atoms with van der Waals surface area (Å²) in [5.74, 6) is 2.77. The Morgan fingerprint density at radius 2 is 1.25 bits per heavy atom. The first-order chi connectivity index (χ1) is 17.8. The van der Waals surface area contributed by atoms with Gasteiger partial charge >= 0.3 is 226 Å². The zero-order valence-corrected chi connectivity index (χ0v) is 22.5. The van der Waals surface area contributed by atoms with Crippen molar-refractivity contribution in [3.63, 3.8) is 0 Å². The van der Waals surface area contributed by atoms with Gasteiger partial charge in [0.05, 0.1) is 0 Å². The molecule has 176 valence electrons. The monoisotopic (exact) mass is 500 g/mol. The van der Waals surface area contributed by atoms with Gasteiger partial charge in [-0.3, -0.25) is 0 Å². The molecule has 0 aromatic heterocycles. The van der Waals surface area contributed by atoms with E-state index in [0.29, 0.717) is 0 Å². The van der Waals surface area contributed by atoms with Crippen LogP contribution in [-0.2, 0) is 38.4 Å². The third-order valence-electron chi connectivity index (χ3n) is 7.95. The van der Waals surface area contributed by atoms with Crippen LogP contribution in [0.4, 0.5) is 0 Å². The van der Waals surface area contributed by atoms with Crippen LogP contribution in [0, 0.1) is 12.3 Å². The fourth-order valence-corrected chi connectivity index (χ4v) is 8.55. The number of hydrogen-bond donors (Lipinski definition) is 0. The van der Waals surface area contributed by atoms with Gasteiger partial charge in [-0.25, -0.2) is 0 Å². The first-order valence-electron chi connectivity index (χ1n) is 13.5. The molecule has 0 spiro atoms. The molecule has 0 heterocycles. The molecule has 0 radical (unpaired) electrons. The summed E-state index contributed by atoms with van der Waals surface area (Å²) in [6, 6.07) is 30.0. The number of fused-ring (bicyclic) bond motifs is 6. The van der Waals surface area contributed by atoms with Gasteiger partial charge < -0.3 is 0 Å². The molecule has 36 heavy (non-hydrogen) atoms. The van der Waals surface area contributed by atoms with Gasteiger partial charge in [0.15, 0.2) is 0 Å². The van der Waals surface area contributed by atoms with Gasteiger partial charge in [0.2, 0.25) is 0 Å². The summed E-state index contributed by atoms with van der Waals surface area (Å²) in [4.78, 5) is 0. The summed E-state index contributed by atoms with van der Waals surface area (Å²) >= 11 is -0.444. The second-order valence-electron chi connectivity index (χ2n) is 10.2. The Balaban J connectivity index is 1.31. The van der Waals surface area contributed by atoms with Crippen LogP contribution in [0.15, 0.2) is 78.9 Å². The Hall–Kier alpha value is -2.85. The number of benzene rings is 4. The van der Waals surface area contributed by atoms with Crippen LogP contribution >= 0.6 is 0 Å². The summed E-state index contributed by atoms with van der Waals surface area (Å²) in [5.41, 5.74) is 13.6. The molecular formula is C35H32Ti. The number of terminal acetylenes is 1. The maximum absolute atomic E-state index is 5.41. The van der Waals surface area contributed by atoms with Gasteiger partial charge in [-0.15, -0.1) is 0 Å². The summed E-state index contributed by atoms with van der Waals surface area (Å²) in [5, 5.41) is 0. The minimum absolute atomic E-state index is 0.444. The van der Waals surface area contributed by atoms with E-state index < -0.39 is 19.2 Å². The van der Waals surface area contributed by atoms with E-state index >= 15 is 0 Å². The molecule has 0 bridgehead atoms. The van der Waals surface area contributed by atoms with Crippen molar-refractivity contribution in [2.24, 2.45) is 0 Å². The Bertz CT molecular complexity index is 1450. The third-order valence-corrected chi connectivity index (χ3v) is 10.5. The molecule has 0 atom stereocenters. The molecule has 2 aliphatic rings. The van der Waals surface area contributed by atoms with Crippen LogP contribution in [0.3, 0.4) is 0 Å². The molecule has 4 aromatic carbocycles. The van der Waals surface area contributed by atoms with E-state index in [1.807, 2.05) is 0 Å². The number of aryl methyl sites for hydroxylation is 1. The molecular weight excluding hydrogens is 468 g/mol. The van der Waals surface area contributed by atoms with Crippen molar-refractivity contribution in [3.05, 3.63) is 107 Å². The summed E-state index contributed by atoms with van der Waals surface area (Å²) < 4.78 is 3.34. The van der Waals surface area contributed by atoms with E-state index in [4.69, 9.17) is 6.42 Å². The van der Waals surface area contributed by atoms with Gasteiger partial charge in [0.1, 0.15) is 0 Å². The molecule has 0 saturated heterocycles. The van der Waals surface area contributed by atoms with E-state index in [0.717, 1.165) is 19.3 Å². The predicted octanol–water partition coefficient (Wildman–Crippen LogP) is 7.38. The van der Waals surface area contributed by atoms with Crippen LogP contribution < -0.4 is 7.74 Å². The molecule has 0 unspecified atom stereocenters. The quantitative estimate of drug-likeness (QED) is 0.110. The standard InChI is InChI=1S/C22H23.C13H9.Ti/c1-2-3-4-5-6-7-8-11-18-14-15-22-20(16-18)17-19-12-9-10-13-21(19)22;1-3-7-12-10(5-1)9-11-6-2-4-8-13(11)12;/h1,9-10,12-15H,3-8,11,17H2;1-5,7-8H,9H2;. The molecule has 0 saturated carbocycles. The van der Waals surface area contributed by atoms with Crippen LogP contribution in [0.5, 0.6) is 0 Å². The van der Waals surface area contributed by atoms with Crippen molar-refractivity contribution < 1.29 is 19.2 Å². The van der Waals surface area contributed by atoms with E-state index in [2.05, 4.69) is 84.8 Å². The molecule has 0 nitrogen and oxygen atoms in total. The van der Waals surface area contributed by atoms with Crippen molar-refractivity contribution in [3.8, 4) is 34.6 Å². The average molecular weight is 501 g/mol. The molecule has 2 aliphatic carbocycles. The predicted molar refractivity (Wildman–Crippen MR) is 149 cm³/mol. The van der Waals surface area contributed by atoms with Gasteiger partial charge in [0.25, 0.3) is 0 Å². The first-order valence-corrected chi connectivity index (χ1v) is 15.0. The summed E-state index contributed by atoms with van der Waals surface area (Å²) in [6.45, 7) is 0. The van der Waals surface area contributed by atoms with Crippen molar-refractivity contribution in [1.82, 2.24) is 0 Å². The van der Waals surface area contributed by atoms with Gasteiger partial charge in [0, 0.05) is 0 Å². The van der Waals surface area contributed by atoms with Gasteiger partial charge in [-0.1, -0.05) is 0 Å². The van der Waals surface area contributed by atoms with Crippen molar-refractivity contribution in [2.45, 2.75) is 57.8 Å². The van der Waals surface area contributed by atoms with E-state index in [1.165, 1.54) is 71.9 Å². The number of hydrogen-bond acceptors (Lipinski definition) is 0. The van der Waals surface area contributed by atoms with Crippen molar-refractivity contribution >= 4 is 7.74 Å². The van der Waals surface area contributed by atoms with Crippen LogP contribution in [-0.4, -0.2) is 0 Å². The second kappa shape index (κ2) is 10.6. The fraction of sp³-hybridized carbons (Fsp3) is 0.257. The molecule has 1 heteroatoms. The van der Waals surface area contributed by atoms with Crippen LogP contribution in [0.1, 0.15) is 66.3 Å². The molecule has 0 amide bonds. The summed E-state index contributed by atoms with van der Waals surface area (Å²) in [6.07, 6.45) is 16.0. The van der Waals surface area contributed by atoms with Crippen LogP contribution in [0.2, 0.25) is 0 Å². The minimum atomic E-state index is -0.444. The van der Waals surface area contributed by atoms with E-state index in [9.17, 15) is 0 Å².